The molecule has 0 saturated heterocycles. The van der Waals surface area contributed by atoms with Crippen molar-refractivity contribution >= 4 is 17.3 Å². The van der Waals surface area contributed by atoms with Crippen LogP contribution in [0.3, 0.4) is 0 Å². The second-order valence-electron chi connectivity index (χ2n) is 5.31. The molecule has 0 spiro atoms. The van der Waals surface area contributed by atoms with Crippen LogP contribution in [0.5, 0.6) is 5.75 Å². The summed E-state index contributed by atoms with van der Waals surface area (Å²) in [4.78, 5) is 4.08. The Morgan fingerprint density at radius 2 is 2.00 bits per heavy atom. The molecule has 0 radical (unpaired) electrons. The van der Waals surface area contributed by atoms with E-state index in [1.165, 1.54) is 11.9 Å². The summed E-state index contributed by atoms with van der Waals surface area (Å²) in [6.45, 7) is 8.31. The van der Waals surface area contributed by atoms with E-state index >= 15 is 0 Å². The third-order valence-corrected chi connectivity index (χ3v) is 3.63. The smallest absolute Gasteiger partial charge is 0.138 e. The van der Waals surface area contributed by atoms with Crippen LogP contribution in [-0.4, -0.2) is 20.9 Å². The van der Waals surface area contributed by atoms with Crippen LogP contribution in [0.4, 0.5) is 0 Å². The molecule has 22 heavy (non-hydrogen) atoms. The van der Waals surface area contributed by atoms with Gasteiger partial charge in [0.1, 0.15) is 18.4 Å². The Bertz CT molecular complexity index is 642. The van der Waals surface area contributed by atoms with E-state index in [0.29, 0.717) is 5.02 Å². The van der Waals surface area contributed by atoms with Gasteiger partial charge in [-0.25, -0.2) is 9.67 Å². The molecule has 0 aliphatic carbocycles. The lowest BCUT2D eigenvalue weighted by Gasteiger charge is -2.19. The van der Waals surface area contributed by atoms with Crippen LogP contribution in [0.1, 0.15) is 46.1 Å². The van der Waals surface area contributed by atoms with Crippen molar-refractivity contribution in [1.29, 1.82) is 0 Å². The minimum Gasteiger partial charge on any atom is -0.490 e. The van der Waals surface area contributed by atoms with Gasteiger partial charge in [-0.3, -0.25) is 0 Å². The zero-order valence-corrected chi connectivity index (χ0v) is 14.3. The highest BCUT2D eigenvalue weighted by Gasteiger charge is 2.17. The molecular weight excluding hydrogens is 298 g/mol. The van der Waals surface area contributed by atoms with Crippen LogP contribution in [0, 0.1) is 0 Å². The maximum Gasteiger partial charge on any atom is 0.138 e. The van der Waals surface area contributed by atoms with E-state index in [1.807, 2.05) is 32.0 Å². The first-order chi connectivity index (χ1) is 10.6. The molecule has 4 nitrogen and oxygen atoms in total. The Morgan fingerprint density at radius 3 is 2.55 bits per heavy atom. The molecule has 0 N–H and O–H groups in total. The van der Waals surface area contributed by atoms with Gasteiger partial charge in [-0.05, 0) is 50.5 Å². The number of hydrogen-bond acceptors (Lipinski definition) is 3. The van der Waals surface area contributed by atoms with Gasteiger partial charge >= 0.3 is 0 Å². The monoisotopic (exact) mass is 319 g/mol. The van der Waals surface area contributed by atoms with Crippen molar-refractivity contribution in [3.05, 3.63) is 47.0 Å². The second kappa shape index (κ2) is 7.45. The number of benzene rings is 1. The molecule has 5 heteroatoms. The van der Waals surface area contributed by atoms with Gasteiger partial charge in [0.25, 0.3) is 0 Å². The predicted octanol–water partition coefficient (Wildman–Crippen LogP) is 4.80. The largest absolute Gasteiger partial charge is 0.490 e. The minimum absolute atomic E-state index is 0.0867. The van der Waals surface area contributed by atoms with Crippen molar-refractivity contribution in [3.8, 4) is 5.75 Å². The molecule has 0 atom stereocenters. The van der Waals surface area contributed by atoms with E-state index in [4.69, 9.17) is 16.3 Å². The Balaban J connectivity index is 2.67. The Hall–Kier alpha value is -1.81. The number of hydrogen-bond donors (Lipinski definition) is 0. The summed E-state index contributed by atoms with van der Waals surface area (Å²) in [6.07, 6.45) is 5.19. The quantitative estimate of drug-likeness (QED) is 0.768. The molecule has 2 aromatic rings. The molecule has 1 aromatic heterocycles. The average molecular weight is 320 g/mol. The van der Waals surface area contributed by atoms with Crippen LogP contribution < -0.4 is 4.74 Å². The highest BCUT2D eigenvalue weighted by molar-refractivity contribution is 6.30. The van der Waals surface area contributed by atoms with Gasteiger partial charge in [0.05, 0.1) is 11.8 Å². The number of halogens is 1. The predicted molar refractivity (Wildman–Crippen MR) is 90.1 cm³/mol. The van der Waals surface area contributed by atoms with Crippen molar-refractivity contribution in [2.24, 2.45) is 0 Å². The van der Waals surface area contributed by atoms with Crippen molar-refractivity contribution in [1.82, 2.24) is 14.8 Å². The van der Waals surface area contributed by atoms with Gasteiger partial charge in [-0.1, -0.05) is 25.4 Å². The number of rotatable bonds is 6. The van der Waals surface area contributed by atoms with Gasteiger partial charge in [-0.15, -0.1) is 0 Å². The summed E-state index contributed by atoms with van der Waals surface area (Å²) in [5.41, 5.74) is 3.23. The summed E-state index contributed by atoms with van der Waals surface area (Å²) in [6, 6.07) is 5.69. The minimum atomic E-state index is 0.0867. The first kappa shape index (κ1) is 16.6. The molecule has 0 saturated carbocycles. The molecule has 0 amide bonds. The molecule has 0 aliphatic heterocycles. The van der Waals surface area contributed by atoms with Crippen LogP contribution >= 0.6 is 11.6 Å². The van der Waals surface area contributed by atoms with Gasteiger partial charge in [0.2, 0.25) is 0 Å². The lowest BCUT2D eigenvalue weighted by atomic mass is 10.0. The summed E-state index contributed by atoms with van der Waals surface area (Å²) in [5, 5.41) is 4.98. The molecular formula is C17H22ClN3O. The van der Waals surface area contributed by atoms with Crippen LogP contribution in [0.15, 0.2) is 36.4 Å². The van der Waals surface area contributed by atoms with Gasteiger partial charge in [0.15, 0.2) is 0 Å². The molecule has 0 unspecified atom stereocenters. The summed E-state index contributed by atoms with van der Waals surface area (Å²) >= 11 is 6.23. The number of allylic oxidation sites excluding steroid dienone is 1. The van der Waals surface area contributed by atoms with E-state index in [2.05, 4.69) is 23.9 Å². The van der Waals surface area contributed by atoms with E-state index < -0.39 is 0 Å². The third kappa shape index (κ3) is 3.69. The van der Waals surface area contributed by atoms with Gasteiger partial charge in [-0.2, -0.15) is 5.10 Å². The van der Waals surface area contributed by atoms with E-state index in [9.17, 15) is 0 Å². The standard InChI is InChI=1S/C17H22ClN3O/c1-5-13(6-2)17(21-11-19-10-20-21)15-9-14(18)7-8-16(15)22-12(3)4/h7-12H,5-6H2,1-4H3. The highest BCUT2D eigenvalue weighted by atomic mass is 35.5. The Morgan fingerprint density at radius 1 is 1.27 bits per heavy atom. The number of ether oxygens (including phenoxy) is 1. The topological polar surface area (TPSA) is 39.9 Å². The van der Waals surface area contributed by atoms with Gasteiger partial charge in [0, 0.05) is 10.6 Å². The molecule has 1 aromatic carbocycles. The maximum absolute atomic E-state index is 6.23. The average Bonchev–Trinajstić information content (AvgIpc) is 3.00. The van der Waals surface area contributed by atoms with E-state index in [1.54, 1.807) is 11.0 Å². The highest BCUT2D eigenvalue weighted by Crippen LogP contribution is 2.34. The zero-order chi connectivity index (χ0) is 16.1. The van der Waals surface area contributed by atoms with Crippen LogP contribution in [-0.2, 0) is 0 Å². The normalized spacial score (nSPS) is 10.8. The third-order valence-electron chi connectivity index (χ3n) is 3.40. The lowest BCUT2D eigenvalue weighted by molar-refractivity contribution is 0.241. The van der Waals surface area contributed by atoms with Crippen LogP contribution in [0.25, 0.3) is 5.70 Å². The Labute approximate surface area is 136 Å². The van der Waals surface area contributed by atoms with E-state index in [-0.39, 0.29) is 6.10 Å². The van der Waals surface area contributed by atoms with E-state index in [0.717, 1.165) is 29.9 Å². The molecule has 0 fully saturated rings. The molecule has 2 rings (SSSR count). The van der Waals surface area contributed by atoms with Crippen molar-refractivity contribution in [3.63, 3.8) is 0 Å². The number of nitrogens with zero attached hydrogens (tertiary/aromatic N) is 3. The summed E-state index contributed by atoms with van der Waals surface area (Å²) < 4.78 is 7.76. The fraction of sp³-hybridized carbons (Fsp3) is 0.412. The fourth-order valence-electron chi connectivity index (χ4n) is 2.43. The summed E-state index contributed by atoms with van der Waals surface area (Å²) in [5.74, 6) is 0.810. The first-order valence-corrected chi connectivity index (χ1v) is 7.98. The SMILES string of the molecule is CCC(CC)=C(c1cc(Cl)ccc1OC(C)C)n1cncn1. The molecule has 1 heterocycles. The van der Waals surface area contributed by atoms with Gasteiger partial charge < -0.3 is 4.74 Å². The summed E-state index contributed by atoms with van der Waals surface area (Å²) in [7, 11) is 0. The van der Waals surface area contributed by atoms with Crippen molar-refractivity contribution in [2.75, 3.05) is 0 Å². The van der Waals surface area contributed by atoms with Crippen molar-refractivity contribution in [2.45, 2.75) is 46.6 Å². The fourth-order valence-corrected chi connectivity index (χ4v) is 2.60. The molecule has 0 bridgehead atoms. The second-order valence-corrected chi connectivity index (χ2v) is 5.74. The van der Waals surface area contributed by atoms with Crippen LogP contribution in [0.2, 0.25) is 5.02 Å². The molecule has 0 aliphatic rings. The Kier molecular flexibility index (Phi) is 5.61. The first-order valence-electron chi connectivity index (χ1n) is 7.60. The zero-order valence-electron chi connectivity index (χ0n) is 13.5. The molecule has 118 valence electrons. The maximum atomic E-state index is 6.23. The van der Waals surface area contributed by atoms with Crippen molar-refractivity contribution < 1.29 is 4.74 Å². The lowest BCUT2D eigenvalue weighted by Crippen LogP contribution is -2.10. The number of aromatic nitrogens is 3.